The van der Waals surface area contributed by atoms with E-state index >= 15 is 0 Å². The molecular formula is C12H15ClFN. The molecule has 0 heterocycles. The molecule has 1 saturated carbocycles. The number of hydrogen-bond donors (Lipinski definition) is 1. The maximum absolute atomic E-state index is 13.8. The first-order valence-corrected chi connectivity index (χ1v) is 5.47. The van der Waals surface area contributed by atoms with Crippen LogP contribution in [0.3, 0.4) is 0 Å². The van der Waals surface area contributed by atoms with Crippen molar-refractivity contribution in [3.8, 4) is 0 Å². The van der Waals surface area contributed by atoms with Crippen LogP contribution in [0.4, 0.5) is 4.39 Å². The van der Waals surface area contributed by atoms with Crippen LogP contribution in [0.25, 0.3) is 0 Å². The average molecular weight is 228 g/mol. The van der Waals surface area contributed by atoms with E-state index in [-0.39, 0.29) is 16.6 Å². The van der Waals surface area contributed by atoms with Crippen molar-refractivity contribution >= 4 is 11.6 Å². The summed E-state index contributed by atoms with van der Waals surface area (Å²) in [6.45, 7) is 4.64. The number of nitrogens with two attached hydrogens (primary N) is 1. The fourth-order valence-corrected chi connectivity index (χ4v) is 2.89. The maximum Gasteiger partial charge on any atom is 0.128 e. The summed E-state index contributed by atoms with van der Waals surface area (Å²) >= 11 is 6.06. The summed E-state index contributed by atoms with van der Waals surface area (Å²) in [7, 11) is 0. The summed E-state index contributed by atoms with van der Waals surface area (Å²) in [5, 5.41) is 0.492. The Morgan fingerprint density at radius 1 is 1.47 bits per heavy atom. The van der Waals surface area contributed by atoms with Gasteiger partial charge in [-0.15, -0.1) is 0 Å². The van der Waals surface area contributed by atoms with Gasteiger partial charge in [0.2, 0.25) is 0 Å². The fraction of sp³-hybridized carbons (Fsp3) is 0.500. The molecule has 1 nitrogen and oxygen atoms in total. The molecule has 1 aromatic carbocycles. The average Bonchev–Trinajstić information content (AvgIpc) is 2.69. The molecule has 0 radical (unpaired) electrons. The predicted molar refractivity (Wildman–Crippen MR) is 60.5 cm³/mol. The van der Waals surface area contributed by atoms with Crippen LogP contribution in [-0.2, 0) is 5.41 Å². The quantitative estimate of drug-likeness (QED) is 0.826. The van der Waals surface area contributed by atoms with Gasteiger partial charge in [0.1, 0.15) is 5.82 Å². The second kappa shape index (κ2) is 3.19. The van der Waals surface area contributed by atoms with Gasteiger partial charge >= 0.3 is 0 Å². The maximum atomic E-state index is 13.8. The zero-order valence-electron chi connectivity index (χ0n) is 8.98. The van der Waals surface area contributed by atoms with Crippen molar-refractivity contribution in [2.24, 2.45) is 11.1 Å². The Kier molecular flexibility index (Phi) is 2.32. The van der Waals surface area contributed by atoms with Gasteiger partial charge in [-0.2, -0.15) is 0 Å². The molecule has 82 valence electrons. The minimum absolute atomic E-state index is 0.0492. The van der Waals surface area contributed by atoms with Crippen LogP contribution in [0.1, 0.15) is 25.8 Å². The zero-order valence-corrected chi connectivity index (χ0v) is 9.74. The van der Waals surface area contributed by atoms with Gasteiger partial charge in [0.25, 0.3) is 0 Å². The SMILES string of the molecule is CC1(C)CC1(CN)c1c(F)cccc1Cl. The van der Waals surface area contributed by atoms with Gasteiger partial charge in [-0.1, -0.05) is 31.5 Å². The lowest BCUT2D eigenvalue weighted by atomic mass is 9.87. The van der Waals surface area contributed by atoms with Crippen molar-refractivity contribution in [1.29, 1.82) is 0 Å². The van der Waals surface area contributed by atoms with E-state index in [1.54, 1.807) is 12.1 Å². The third-order valence-electron chi connectivity index (χ3n) is 3.70. The third kappa shape index (κ3) is 1.39. The molecule has 1 aliphatic rings. The molecule has 0 spiro atoms. The van der Waals surface area contributed by atoms with Crippen molar-refractivity contribution in [2.45, 2.75) is 25.7 Å². The summed E-state index contributed by atoms with van der Waals surface area (Å²) in [4.78, 5) is 0. The highest BCUT2D eigenvalue weighted by Crippen LogP contribution is 2.65. The highest BCUT2D eigenvalue weighted by atomic mass is 35.5. The van der Waals surface area contributed by atoms with Gasteiger partial charge in [0.05, 0.1) is 0 Å². The van der Waals surface area contributed by atoms with E-state index in [4.69, 9.17) is 17.3 Å². The van der Waals surface area contributed by atoms with E-state index in [9.17, 15) is 4.39 Å². The lowest BCUT2D eigenvalue weighted by Gasteiger charge is -2.20. The minimum Gasteiger partial charge on any atom is -0.330 e. The van der Waals surface area contributed by atoms with E-state index < -0.39 is 0 Å². The second-order valence-corrected chi connectivity index (χ2v) is 5.35. The third-order valence-corrected chi connectivity index (χ3v) is 4.02. The summed E-state index contributed by atoms with van der Waals surface area (Å²) in [6, 6.07) is 4.81. The predicted octanol–water partition coefficient (Wildman–Crippen LogP) is 3.11. The van der Waals surface area contributed by atoms with Crippen LogP contribution >= 0.6 is 11.6 Å². The molecular weight excluding hydrogens is 213 g/mol. The molecule has 15 heavy (non-hydrogen) atoms. The Morgan fingerprint density at radius 3 is 2.47 bits per heavy atom. The highest BCUT2D eigenvalue weighted by molar-refractivity contribution is 6.31. The largest absolute Gasteiger partial charge is 0.330 e. The summed E-state index contributed by atoms with van der Waals surface area (Å²) in [6.07, 6.45) is 0.900. The molecule has 0 saturated heterocycles. The van der Waals surface area contributed by atoms with Crippen LogP contribution in [0, 0.1) is 11.2 Å². The van der Waals surface area contributed by atoms with Gasteiger partial charge in [-0.3, -0.25) is 0 Å². The van der Waals surface area contributed by atoms with Crippen molar-refractivity contribution in [2.75, 3.05) is 6.54 Å². The molecule has 3 heteroatoms. The smallest absolute Gasteiger partial charge is 0.128 e. The molecule has 2 N–H and O–H groups in total. The van der Waals surface area contributed by atoms with Crippen molar-refractivity contribution in [3.63, 3.8) is 0 Å². The van der Waals surface area contributed by atoms with Gasteiger partial charge in [-0.25, -0.2) is 4.39 Å². The molecule has 1 aliphatic carbocycles. The van der Waals surface area contributed by atoms with E-state index in [0.29, 0.717) is 17.1 Å². The second-order valence-electron chi connectivity index (χ2n) is 4.94. The van der Waals surface area contributed by atoms with Crippen molar-refractivity contribution in [3.05, 3.63) is 34.6 Å². The number of rotatable bonds is 2. The standard InChI is InChI=1S/C12H15ClFN/c1-11(2)6-12(11,7-15)10-8(13)4-3-5-9(10)14/h3-5H,6-7,15H2,1-2H3. The molecule has 0 aliphatic heterocycles. The lowest BCUT2D eigenvalue weighted by Crippen LogP contribution is -2.26. The molecule has 0 amide bonds. The van der Waals surface area contributed by atoms with Crippen molar-refractivity contribution in [1.82, 2.24) is 0 Å². The van der Waals surface area contributed by atoms with Gasteiger partial charge in [0, 0.05) is 22.5 Å². The van der Waals surface area contributed by atoms with Crippen LogP contribution in [0.15, 0.2) is 18.2 Å². The Balaban J connectivity index is 2.55. The van der Waals surface area contributed by atoms with E-state index in [1.807, 2.05) is 0 Å². The van der Waals surface area contributed by atoms with Crippen LogP contribution in [0.2, 0.25) is 5.02 Å². The van der Waals surface area contributed by atoms with Crippen LogP contribution < -0.4 is 5.73 Å². The van der Waals surface area contributed by atoms with Crippen molar-refractivity contribution < 1.29 is 4.39 Å². The molecule has 2 rings (SSSR count). The summed E-state index contributed by atoms with van der Waals surface area (Å²) in [5.74, 6) is -0.237. The molecule has 1 aromatic rings. The van der Waals surface area contributed by atoms with E-state index in [0.717, 1.165) is 6.42 Å². The first-order valence-electron chi connectivity index (χ1n) is 5.09. The summed E-state index contributed by atoms with van der Waals surface area (Å²) < 4.78 is 13.8. The Labute approximate surface area is 94.4 Å². The highest BCUT2D eigenvalue weighted by Gasteiger charge is 2.62. The zero-order chi connectivity index (χ0) is 11.3. The van der Waals surface area contributed by atoms with Gasteiger partial charge in [-0.05, 0) is 24.0 Å². The summed E-state index contributed by atoms with van der Waals surface area (Å²) in [5.41, 5.74) is 6.17. The van der Waals surface area contributed by atoms with E-state index in [1.165, 1.54) is 6.07 Å². The number of benzene rings is 1. The van der Waals surface area contributed by atoms with Crippen LogP contribution in [0.5, 0.6) is 0 Å². The van der Waals surface area contributed by atoms with Crippen LogP contribution in [-0.4, -0.2) is 6.54 Å². The molecule has 1 atom stereocenters. The van der Waals surface area contributed by atoms with Gasteiger partial charge < -0.3 is 5.73 Å². The number of hydrogen-bond acceptors (Lipinski definition) is 1. The first kappa shape index (κ1) is 10.9. The lowest BCUT2D eigenvalue weighted by molar-refractivity contribution is 0.477. The monoisotopic (exact) mass is 227 g/mol. The molecule has 1 fully saturated rings. The molecule has 1 unspecified atom stereocenters. The van der Waals surface area contributed by atoms with Gasteiger partial charge in [0.15, 0.2) is 0 Å². The minimum atomic E-state index is -0.268. The number of halogens is 2. The first-order chi connectivity index (χ1) is 6.94. The van der Waals surface area contributed by atoms with E-state index in [2.05, 4.69) is 13.8 Å². The Morgan fingerprint density at radius 2 is 2.07 bits per heavy atom. The Bertz CT molecular complexity index is 382. The molecule has 0 bridgehead atoms. The topological polar surface area (TPSA) is 26.0 Å². The normalized spacial score (nSPS) is 27.8. The fourth-order valence-electron chi connectivity index (χ4n) is 2.54. The Hall–Kier alpha value is -0.600. The molecule has 0 aromatic heterocycles.